The fourth-order valence-electron chi connectivity index (χ4n) is 0.406. The maximum atomic E-state index is 10.5. The van der Waals surface area contributed by atoms with Crippen LogP contribution in [0.15, 0.2) is 11.0 Å². The molecular formula is C4H5NO2S. The molecule has 0 saturated heterocycles. The molecule has 0 aliphatic rings. The van der Waals surface area contributed by atoms with Crippen molar-refractivity contribution in [1.29, 1.82) is 0 Å². The van der Waals surface area contributed by atoms with Crippen LogP contribution in [0.5, 0.6) is 5.06 Å². The highest BCUT2D eigenvalue weighted by Gasteiger charge is 1.94. The highest BCUT2D eigenvalue weighted by atomic mass is 32.1. The first kappa shape index (κ1) is 5.37. The van der Waals surface area contributed by atoms with Gasteiger partial charge in [0.25, 0.3) is 0 Å². The van der Waals surface area contributed by atoms with Gasteiger partial charge in [-0.2, -0.15) is 0 Å². The summed E-state index contributed by atoms with van der Waals surface area (Å²) in [6.45, 7) is 0. The predicted molar refractivity (Wildman–Crippen MR) is 31.2 cm³/mol. The Labute approximate surface area is 49.8 Å². The van der Waals surface area contributed by atoms with Gasteiger partial charge in [0.05, 0.1) is 6.20 Å². The van der Waals surface area contributed by atoms with E-state index in [1.807, 2.05) is 0 Å². The third-order valence-corrected chi connectivity index (χ3v) is 1.56. The summed E-state index contributed by atoms with van der Waals surface area (Å²) in [6, 6.07) is 0. The quantitative estimate of drug-likeness (QED) is 0.544. The topological polar surface area (TPSA) is 42.2 Å². The molecule has 8 heavy (non-hydrogen) atoms. The molecule has 1 heterocycles. The zero-order valence-corrected chi connectivity index (χ0v) is 5.10. The van der Waals surface area contributed by atoms with Crippen molar-refractivity contribution >= 4 is 11.3 Å². The summed E-state index contributed by atoms with van der Waals surface area (Å²) in [5.41, 5.74) is 0. The van der Waals surface area contributed by atoms with E-state index in [9.17, 15) is 4.79 Å². The molecular weight excluding hydrogens is 126 g/mol. The number of hydrogen-bond acceptors (Lipinski definition) is 3. The highest BCUT2D eigenvalue weighted by molar-refractivity contribution is 7.11. The van der Waals surface area contributed by atoms with Crippen LogP contribution < -0.4 is 4.87 Å². The summed E-state index contributed by atoms with van der Waals surface area (Å²) in [5.74, 6) is 0. The molecule has 0 unspecified atom stereocenters. The van der Waals surface area contributed by atoms with Crippen LogP contribution in [-0.4, -0.2) is 9.67 Å². The number of hydrogen-bond donors (Lipinski definition) is 1. The summed E-state index contributed by atoms with van der Waals surface area (Å²) >= 11 is 0.832. The molecule has 4 heteroatoms. The van der Waals surface area contributed by atoms with Crippen molar-refractivity contribution in [1.82, 2.24) is 4.57 Å². The van der Waals surface area contributed by atoms with Crippen LogP contribution in [0.4, 0.5) is 0 Å². The van der Waals surface area contributed by atoms with Gasteiger partial charge in [0.15, 0.2) is 5.06 Å². The Balaban J connectivity index is 3.35. The smallest absolute Gasteiger partial charge is 0.310 e. The zero-order valence-electron chi connectivity index (χ0n) is 4.29. The molecule has 0 fully saturated rings. The maximum Gasteiger partial charge on any atom is 0.310 e. The van der Waals surface area contributed by atoms with Gasteiger partial charge >= 0.3 is 4.87 Å². The molecule has 0 aliphatic carbocycles. The van der Waals surface area contributed by atoms with Gasteiger partial charge in [0.1, 0.15) is 0 Å². The lowest BCUT2D eigenvalue weighted by Crippen LogP contribution is -2.04. The molecule has 1 aromatic heterocycles. The second-order valence-corrected chi connectivity index (χ2v) is 2.42. The minimum absolute atomic E-state index is 0.0671. The Bertz CT molecular complexity index is 236. The van der Waals surface area contributed by atoms with Crippen molar-refractivity contribution in [3.05, 3.63) is 15.9 Å². The maximum absolute atomic E-state index is 10.5. The first-order valence-corrected chi connectivity index (χ1v) is 2.87. The van der Waals surface area contributed by atoms with Crippen molar-refractivity contribution in [3.8, 4) is 5.06 Å². The van der Waals surface area contributed by atoms with Gasteiger partial charge in [-0.3, -0.25) is 4.79 Å². The minimum atomic E-state index is -0.137. The molecule has 0 atom stereocenters. The Morgan fingerprint density at radius 1 is 1.88 bits per heavy atom. The monoisotopic (exact) mass is 131 g/mol. The van der Waals surface area contributed by atoms with Crippen molar-refractivity contribution in [2.24, 2.45) is 7.05 Å². The van der Waals surface area contributed by atoms with Crippen LogP contribution >= 0.6 is 11.3 Å². The highest BCUT2D eigenvalue weighted by Crippen LogP contribution is 2.08. The van der Waals surface area contributed by atoms with Gasteiger partial charge in [-0.1, -0.05) is 0 Å². The van der Waals surface area contributed by atoms with Gasteiger partial charge < -0.3 is 9.67 Å². The summed E-state index contributed by atoms with van der Waals surface area (Å²) in [5, 5.41) is 8.70. The molecule has 0 saturated carbocycles. The van der Waals surface area contributed by atoms with E-state index in [-0.39, 0.29) is 9.94 Å². The van der Waals surface area contributed by atoms with Crippen LogP contribution in [-0.2, 0) is 7.05 Å². The van der Waals surface area contributed by atoms with Crippen LogP contribution in [0.2, 0.25) is 0 Å². The van der Waals surface area contributed by atoms with Gasteiger partial charge in [0.2, 0.25) is 0 Å². The predicted octanol–water partition coefficient (Wildman–Crippen LogP) is 0.152. The van der Waals surface area contributed by atoms with Gasteiger partial charge in [-0.25, -0.2) is 0 Å². The molecule has 0 amide bonds. The Morgan fingerprint density at radius 3 is 2.62 bits per heavy atom. The molecule has 1 rings (SSSR count). The molecule has 0 bridgehead atoms. The lowest BCUT2D eigenvalue weighted by molar-refractivity contribution is 0.487. The molecule has 0 aliphatic heterocycles. The first-order valence-electron chi connectivity index (χ1n) is 2.05. The molecule has 0 aromatic carbocycles. The van der Waals surface area contributed by atoms with E-state index in [4.69, 9.17) is 5.11 Å². The number of aromatic nitrogens is 1. The average Bonchev–Trinajstić information content (AvgIpc) is 1.85. The van der Waals surface area contributed by atoms with Crippen LogP contribution in [0.1, 0.15) is 0 Å². The van der Waals surface area contributed by atoms with Gasteiger partial charge in [-0.15, -0.1) is 0 Å². The van der Waals surface area contributed by atoms with Crippen LogP contribution in [0, 0.1) is 0 Å². The number of nitrogens with zero attached hydrogens (tertiary/aromatic N) is 1. The fourth-order valence-corrected chi connectivity index (χ4v) is 0.993. The van der Waals surface area contributed by atoms with E-state index in [1.54, 1.807) is 7.05 Å². The van der Waals surface area contributed by atoms with Crippen molar-refractivity contribution in [2.45, 2.75) is 0 Å². The Hall–Kier alpha value is -0.770. The van der Waals surface area contributed by atoms with Crippen LogP contribution in [0.25, 0.3) is 0 Å². The molecule has 1 N–H and O–H groups in total. The second-order valence-electron chi connectivity index (χ2n) is 1.45. The third-order valence-electron chi connectivity index (χ3n) is 0.784. The van der Waals surface area contributed by atoms with E-state index in [1.165, 1.54) is 10.8 Å². The van der Waals surface area contributed by atoms with Crippen molar-refractivity contribution in [3.63, 3.8) is 0 Å². The summed E-state index contributed by atoms with van der Waals surface area (Å²) in [4.78, 5) is 10.3. The Kier molecular flexibility index (Phi) is 1.09. The van der Waals surface area contributed by atoms with Crippen molar-refractivity contribution < 1.29 is 5.11 Å². The molecule has 1 aromatic rings. The number of rotatable bonds is 0. The van der Waals surface area contributed by atoms with Gasteiger partial charge in [0, 0.05) is 7.05 Å². The number of aryl methyl sites for hydroxylation is 1. The van der Waals surface area contributed by atoms with E-state index < -0.39 is 0 Å². The fraction of sp³-hybridized carbons (Fsp3) is 0.250. The number of thiazole rings is 1. The summed E-state index contributed by atoms with van der Waals surface area (Å²) in [7, 11) is 1.60. The molecule has 3 nitrogen and oxygen atoms in total. The van der Waals surface area contributed by atoms with E-state index in [2.05, 4.69) is 0 Å². The second kappa shape index (κ2) is 1.63. The van der Waals surface area contributed by atoms with Crippen molar-refractivity contribution in [2.75, 3.05) is 0 Å². The first-order chi connectivity index (χ1) is 3.70. The van der Waals surface area contributed by atoms with Crippen LogP contribution in [0.3, 0.4) is 0 Å². The SMILES string of the molecule is Cn1cc(O)sc1=O. The molecule has 44 valence electrons. The minimum Gasteiger partial charge on any atom is -0.498 e. The average molecular weight is 131 g/mol. The molecule has 0 spiro atoms. The summed E-state index contributed by atoms with van der Waals surface area (Å²) in [6.07, 6.45) is 1.38. The third kappa shape index (κ3) is 0.742. The molecule has 0 radical (unpaired) electrons. The standard InChI is InChI=1S/C4H5NO2S/c1-5-2-3(6)8-4(5)7/h2,6H,1H3. The lowest BCUT2D eigenvalue weighted by Gasteiger charge is -1.77. The largest absolute Gasteiger partial charge is 0.498 e. The number of aromatic hydroxyl groups is 1. The van der Waals surface area contributed by atoms with Gasteiger partial charge in [-0.05, 0) is 11.3 Å². The Morgan fingerprint density at radius 2 is 2.50 bits per heavy atom. The zero-order chi connectivity index (χ0) is 6.15. The normalized spacial score (nSPS) is 9.62. The van der Waals surface area contributed by atoms with E-state index >= 15 is 0 Å². The van der Waals surface area contributed by atoms with E-state index in [0.717, 1.165) is 11.3 Å². The lowest BCUT2D eigenvalue weighted by atomic mass is 10.9. The summed E-state index contributed by atoms with van der Waals surface area (Å²) < 4.78 is 1.33. The van der Waals surface area contributed by atoms with E-state index in [0.29, 0.717) is 0 Å².